The maximum Gasteiger partial charge on any atom is 0.191 e. The first kappa shape index (κ1) is 24.9. The van der Waals surface area contributed by atoms with Gasteiger partial charge >= 0.3 is 0 Å². The van der Waals surface area contributed by atoms with Crippen LogP contribution in [0.1, 0.15) is 52.9 Å². The minimum Gasteiger partial charge on any atom is -0.356 e. The Bertz CT molecular complexity index is 328. The highest BCUT2D eigenvalue weighted by Crippen LogP contribution is 2.08. The maximum absolute atomic E-state index is 4.32. The topological polar surface area (TPSA) is 42.9 Å². The van der Waals surface area contributed by atoms with Crippen LogP contribution in [-0.4, -0.2) is 75.2 Å². The number of aliphatic imine (C=N–C) groups is 1. The Morgan fingerprint density at radius 2 is 1.52 bits per heavy atom. The molecular weight excluding hydrogens is 425 g/mol. The van der Waals surface area contributed by atoms with E-state index in [-0.39, 0.29) is 24.0 Å². The molecule has 5 nitrogen and oxygen atoms in total. The first-order chi connectivity index (χ1) is 11.7. The Labute approximate surface area is 173 Å². The zero-order valence-electron chi connectivity index (χ0n) is 17.0. The molecule has 0 aliphatic carbocycles. The first-order valence-corrected chi connectivity index (χ1v) is 10.0. The summed E-state index contributed by atoms with van der Waals surface area (Å²) < 4.78 is 0. The van der Waals surface area contributed by atoms with Crippen LogP contribution in [0.4, 0.5) is 0 Å². The molecule has 1 aliphatic heterocycles. The van der Waals surface area contributed by atoms with E-state index in [1.54, 1.807) is 0 Å². The number of hydrogen-bond acceptors (Lipinski definition) is 3. The molecule has 0 aromatic carbocycles. The number of rotatable bonds is 11. The SMILES string of the molecule is CCN1CCN(CCNC(=NC)NCCCCCCC(C)C)CC1.I. The molecule has 0 aromatic rings. The molecule has 0 atom stereocenters. The van der Waals surface area contributed by atoms with Gasteiger partial charge in [-0.25, -0.2) is 0 Å². The fourth-order valence-electron chi connectivity index (χ4n) is 3.12. The maximum atomic E-state index is 4.32. The molecule has 150 valence electrons. The van der Waals surface area contributed by atoms with Gasteiger partial charge < -0.3 is 15.5 Å². The number of hydrogen-bond donors (Lipinski definition) is 2. The van der Waals surface area contributed by atoms with Crippen LogP contribution >= 0.6 is 24.0 Å². The molecule has 1 saturated heterocycles. The number of nitrogens with one attached hydrogen (secondary N) is 2. The van der Waals surface area contributed by atoms with E-state index in [4.69, 9.17) is 0 Å². The van der Waals surface area contributed by atoms with Gasteiger partial charge in [0.25, 0.3) is 0 Å². The normalized spacial score (nSPS) is 16.8. The van der Waals surface area contributed by atoms with Gasteiger partial charge in [0, 0.05) is 52.9 Å². The van der Waals surface area contributed by atoms with Crippen molar-refractivity contribution in [2.75, 3.05) is 59.4 Å². The number of piperazine rings is 1. The predicted molar refractivity (Wildman–Crippen MR) is 121 cm³/mol. The van der Waals surface area contributed by atoms with Gasteiger partial charge in [-0.3, -0.25) is 9.89 Å². The zero-order chi connectivity index (χ0) is 17.6. The smallest absolute Gasteiger partial charge is 0.191 e. The summed E-state index contributed by atoms with van der Waals surface area (Å²) in [4.78, 5) is 9.38. The Morgan fingerprint density at radius 1 is 0.920 bits per heavy atom. The van der Waals surface area contributed by atoms with Gasteiger partial charge in [-0.1, -0.05) is 46.5 Å². The van der Waals surface area contributed by atoms with E-state index in [1.165, 1.54) is 64.8 Å². The number of halogens is 1. The lowest BCUT2D eigenvalue weighted by molar-refractivity contribution is 0.139. The van der Waals surface area contributed by atoms with E-state index >= 15 is 0 Å². The molecule has 1 heterocycles. The lowest BCUT2D eigenvalue weighted by Crippen LogP contribution is -2.49. The fourth-order valence-corrected chi connectivity index (χ4v) is 3.12. The Balaban J connectivity index is 0.00000576. The van der Waals surface area contributed by atoms with Crippen molar-refractivity contribution in [2.45, 2.75) is 52.9 Å². The molecule has 1 rings (SSSR count). The summed E-state index contributed by atoms with van der Waals surface area (Å²) in [5.41, 5.74) is 0. The van der Waals surface area contributed by atoms with Gasteiger partial charge in [0.1, 0.15) is 0 Å². The molecule has 0 radical (unpaired) electrons. The van der Waals surface area contributed by atoms with Gasteiger partial charge in [0.2, 0.25) is 0 Å². The fraction of sp³-hybridized carbons (Fsp3) is 0.947. The van der Waals surface area contributed by atoms with Crippen molar-refractivity contribution in [1.82, 2.24) is 20.4 Å². The molecule has 1 aliphatic rings. The van der Waals surface area contributed by atoms with Gasteiger partial charge in [-0.2, -0.15) is 0 Å². The third-order valence-corrected chi connectivity index (χ3v) is 4.86. The van der Waals surface area contributed by atoms with E-state index in [0.717, 1.165) is 31.5 Å². The van der Waals surface area contributed by atoms with Crippen LogP contribution in [0.5, 0.6) is 0 Å². The summed E-state index contributed by atoms with van der Waals surface area (Å²) in [6, 6.07) is 0. The Morgan fingerprint density at radius 3 is 2.12 bits per heavy atom. The first-order valence-electron chi connectivity index (χ1n) is 10.0. The molecule has 0 amide bonds. The third-order valence-electron chi connectivity index (χ3n) is 4.86. The quantitative estimate of drug-likeness (QED) is 0.212. The predicted octanol–water partition coefficient (Wildman–Crippen LogP) is 3.01. The largest absolute Gasteiger partial charge is 0.356 e. The van der Waals surface area contributed by atoms with E-state index in [1.807, 2.05) is 7.05 Å². The average Bonchev–Trinajstić information content (AvgIpc) is 2.59. The monoisotopic (exact) mass is 467 g/mol. The lowest BCUT2D eigenvalue weighted by Gasteiger charge is -2.34. The van der Waals surface area contributed by atoms with E-state index < -0.39 is 0 Å². The van der Waals surface area contributed by atoms with Crippen molar-refractivity contribution < 1.29 is 0 Å². The Hall–Kier alpha value is -0.0800. The van der Waals surface area contributed by atoms with Gasteiger partial charge in [0.05, 0.1) is 0 Å². The summed E-state index contributed by atoms with van der Waals surface area (Å²) in [7, 11) is 1.86. The molecule has 0 spiro atoms. The minimum atomic E-state index is 0. The molecule has 25 heavy (non-hydrogen) atoms. The van der Waals surface area contributed by atoms with Crippen molar-refractivity contribution in [2.24, 2.45) is 10.9 Å². The lowest BCUT2D eigenvalue weighted by atomic mass is 10.0. The standard InChI is InChI=1S/C19H41N5.HI/c1-5-23-14-16-24(17-15-23)13-12-22-19(20-4)21-11-9-7-6-8-10-18(2)3;/h18H,5-17H2,1-4H3,(H2,20,21,22);1H. The summed E-state index contributed by atoms with van der Waals surface area (Å²) >= 11 is 0. The summed E-state index contributed by atoms with van der Waals surface area (Å²) in [5, 5.41) is 6.88. The van der Waals surface area contributed by atoms with Gasteiger partial charge in [0.15, 0.2) is 5.96 Å². The van der Waals surface area contributed by atoms with Crippen LogP contribution in [0, 0.1) is 5.92 Å². The highest BCUT2D eigenvalue weighted by atomic mass is 127. The summed E-state index contributed by atoms with van der Waals surface area (Å²) in [6.07, 6.45) is 6.64. The Kier molecular flexibility index (Phi) is 16.1. The molecule has 2 N–H and O–H groups in total. The minimum absolute atomic E-state index is 0. The van der Waals surface area contributed by atoms with Crippen molar-refractivity contribution in [3.63, 3.8) is 0 Å². The van der Waals surface area contributed by atoms with Gasteiger partial charge in [-0.15, -0.1) is 24.0 Å². The van der Waals surface area contributed by atoms with Gasteiger partial charge in [-0.05, 0) is 18.9 Å². The second kappa shape index (κ2) is 16.1. The van der Waals surface area contributed by atoms with Crippen LogP contribution in [0.15, 0.2) is 4.99 Å². The third kappa shape index (κ3) is 12.8. The van der Waals surface area contributed by atoms with E-state index in [9.17, 15) is 0 Å². The number of likely N-dealkylation sites (N-methyl/N-ethyl adjacent to an activating group) is 1. The molecule has 0 saturated carbocycles. The van der Waals surface area contributed by atoms with E-state index in [0.29, 0.717) is 0 Å². The zero-order valence-corrected chi connectivity index (χ0v) is 19.3. The summed E-state index contributed by atoms with van der Waals surface area (Å²) in [6.45, 7) is 15.9. The van der Waals surface area contributed by atoms with Crippen molar-refractivity contribution in [3.8, 4) is 0 Å². The van der Waals surface area contributed by atoms with Crippen molar-refractivity contribution in [1.29, 1.82) is 0 Å². The number of guanidine groups is 1. The van der Waals surface area contributed by atoms with Crippen LogP contribution in [-0.2, 0) is 0 Å². The molecule has 1 fully saturated rings. The molecule has 0 unspecified atom stereocenters. The van der Waals surface area contributed by atoms with Crippen LogP contribution in [0.25, 0.3) is 0 Å². The highest BCUT2D eigenvalue weighted by molar-refractivity contribution is 14.0. The van der Waals surface area contributed by atoms with E-state index in [2.05, 4.69) is 46.2 Å². The number of nitrogens with zero attached hydrogens (tertiary/aromatic N) is 3. The molecule has 6 heteroatoms. The second-order valence-corrected chi connectivity index (χ2v) is 7.30. The van der Waals surface area contributed by atoms with Crippen LogP contribution < -0.4 is 10.6 Å². The van der Waals surface area contributed by atoms with Crippen molar-refractivity contribution in [3.05, 3.63) is 0 Å². The average molecular weight is 467 g/mol. The van der Waals surface area contributed by atoms with Crippen molar-refractivity contribution >= 4 is 29.9 Å². The van der Waals surface area contributed by atoms with Crippen LogP contribution in [0.3, 0.4) is 0 Å². The second-order valence-electron chi connectivity index (χ2n) is 7.30. The van der Waals surface area contributed by atoms with Crippen LogP contribution in [0.2, 0.25) is 0 Å². The highest BCUT2D eigenvalue weighted by Gasteiger charge is 2.14. The summed E-state index contributed by atoms with van der Waals surface area (Å²) in [5.74, 6) is 1.79. The molecule has 0 bridgehead atoms. The number of unbranched alkanes of at least 4 members (excludes halogenated alkanes) is 3. The molecule has 0 aromatic heterocycles. The molecular formula is C19H42IN5.